The van der Waals surface area contributed by atoms with Crippen LogP contribution in [0.5, 0.6) is 5.75 Å². The molecule has 0 aromatic heterocycles. The highest BCUT2D eigenvalue weighted by atomic mass is 19.1. The number of nitrogens with one attached hydrogen (secondary N) is 1. The second kappa shape index (κ2) is 7.74. The molecule has 2 aromatic rings. The zero-order chi connectivity index (χ0) is 16.8. The first-order valence-electron chi connectivity index (χ1n) is 7.29. The van der Waals surface area contributed by atoms with Crippen molar-refractivity contribution in [1.82, 2.24) is 5.32 Å². The van der Waals surface area contributed by atoms with Crippen molar-refractivity contribution < 1.29 is 18.7 Å². The van der Waals surface area contributed by atoms with Gasteiger partial charge in [0.1, 0.15) is 17.6 Å². The van der Waals surface area contributed by atoms with Gasteiger partial charge in [0, 0.05) is 11.6 Å². The number of carbonyl (C=O) groups excluding carboxylic acids is 1. The fourth-order valence-electron chi connectivity index (χ4n) is 2.44. The predicted molar refractivity (Wildman–Crippen MR) is 85.7 cm³/mol. The minimum atomic E-state index is -0.694. The Morgan fingerprint density at radius 3 is 2.35 bits per heavy atom. The van der Waals surface area contributed by atoms with Crippen molar-refractivity contribution in [1.29, 1.82) is 0 Å². The highest BCUT2D eigenvalue weighted by molar-refractivity contribution is 5.77. The lowest BCUT2D eigenvalue weighted by Gasteiger charge is -2.23. The van der Waals surface area contributed by atoms with E-state index in [9.17, 15) is 9.18 Å². The fraction of sp³-hybridized carbons (Fsp3) is 0.278. The molecular weight excluding hydrogens is 297 g/mol. The van der Waals surface area contributed by atoms with E-state index in [4.69, 9.17) is 9.47 Å². The van der Waals surface area contributed by atoms with Crippen LogP contribution in [-0.2, 0) is 9.53 Å². The molecule has 0 saturated heterocycles. The highest BCUT2D eigenvalue weighted by Crippen LogP contribution is 2.27. The summed E-state index contributed by atoms with van der Waals surface area (Å²) in [5.74, 6) is -0.0521. The molecule has 4 nitrogen and oxygen atoms in total. The van der Waals surface area contributed by atoms with Crippen LogP contribution >= 0.6 is 0 Å². The molecule has 0 aliphatic rings. The largest absolute Gasteiger partial charge is 0.496 e. The van der Waals surface area contributed by atoms with Crippen LogP contribution in [0.25, 0.3) is 0 Å². The Morgan fingerprint density at radius 2 is 1.74 bits per heavy atom. The van der Waals surface area contributed by atoms with Gasteiger partial charge in [0.25, 0.3) is 0 Å². The summed E-state index contributed by atoms with van der Waals surface area (Å²) < 4.78 is 23.3. The molecule has 0 bridgehead atoms. The van der Waals surface area contributed by atoms with Crippen LogP contribution in [0.2, 0.25) is 0 Å². The first-order valence-corrected chi connectivity index (χ1v) is 7.29. The topological polar surface area (TPSA) is 47.6 Å². The monoisotopic (exact) mass is 317 g/mol. The molecule has 2 aromatic carbocycles. The Balaban J connectivity index is 2.27. The maximum absolute atomic E-state index is 13.1. The summed E-state index contributed by atoms with van der Waals surface area (Å²) in [7, 11) is 2.93. The van der Waals surface area contributed by atoms with Gasteiger partial charge < -0.3 is 9.47 Å². The summed E-state index contributed by atoms with van der Waals surface area (Å²) in [6.07, 6.45) is 0. The van der Waals surface area contributed by atoms with Crippen LogP contribution in [0.3, 0.4) is 0 Å². The highest BCUT2D eigenvalue weighted by Gasteiger charge is 2.24. The van der Waals surface area contributed by atoms with Gasteiger partial charge in [-0.25, -0.2) is 9.18 Å². The average Bonchev–Trinajstić information content (AvgIpc) is 2.59. The van der Waals surface area contributed by atoms with Crippen LogP contribution < -0.4 is 10.1 Å². The van der Waals surface area contributed by atoms with Crippen molar-refractivity contribution in [3.63, 3.8) is 0 Å². The van der Waals surface area contributed by atoms with Gasteiger partial charge in [-0.3, -0.25) is 5.32 Å². The minimum absolute atomic E-state index is 0.166. The molecule has 0 saturated carbocycles. The molecular formula is C18H20FNO3. The van der Waals surface area contributed by atoms with Gasteiger partial charge in [0.15, 0.2) is 0 Å². The van der Waals surface area contributed by atoms with E-state index in [1.165, 1.54) is 19.2 Å². The molecule has 0 fully saturated rings. The SMILES string of the molecule is COC(=O)[C@@H](N[C@H](C)c1ccccc1OC)c1ccc(F)cc1. The van der Waals surface area contributed by atoms with Crippen LogP contribution in [0.1, 0.15) is 30.1 Å². The lowest BCUT2D eigenvalue weighted by molar-refractivity contribution is -0.143. The van der Waals surface area contributed by atoms with Crippen molar-refractivity contribution in [2.24, 2.45) is 0 Å². The van der Waals surface area contributed by atoms with Crippen LogP contribution in [0.15, 0.2) is 48.5 Å². The van der Waals surface area contributed by atoms with E-state index in [-0.39, 0.29) is 11.9 Å². The number of benzene rings is 2. The number of rotatable bonds is 6. The van der Waals surface area contributed by atoms with E-state index in [2.05, 4.69) is 5.32 Å². The number of hydrogen-bond acceptors (Lipinski definition) is 4. The van der Waals surface area contributed by atoms with Gasteiger partial charge >= 0.3 is 5.97 Å². The quantitative estimate of drug-likeness (QED) is 0.830. The van der Waals surface area contributed by atoms with Gasteiger partial charge in [-0.05, 0) is 30.7 Å². The normalized spacial score (nSPS) is 13.2. The summed E-state index contributed by atoms with van der Waals surface area (Å²) in [6.45, 7) is 1.93. The predicted octanol–water partition coefficient (Wildman–Crippen LogP) is 3.40. The van der Waals surface area contributed by atoms with Crippen molar-refractivity contribution in [2.45, 2.75) is 19.0 Å². The van der Waals surface area contributed by atoms with E-state index in [0.717, 1.165) is 11.3 Å². The Bertz CT molecular complexity index is 658. The van der Waals surface area contributed by atoms with E-state index in [1.807, 2.05) is 31.2 Å². The molecule has 0 unspecified atom stereocenters. The number of halogens is 1. The minimum Gasteiger partial charge on any atom is -0.496 e. The number of methoxy groups -OCH3 is 2. The third-order valence-corrected chi connectivity index (χ3v) is 3.66. The van der Waals surface area contributed by atoms with Crippen molar-refractivity contribution in [3.05, 3.63) is 65.5 Å². The Hall–Kier alpha value is -2.40. The molecule has 0 amide bonds. The number of esters is 1. The maximum Gasteiger partial charge on any atom is 0.327 e. The summed E-state index contributed by atoms with van der Waals surface area (Å²) in [5, 5.41) is 3.22. The molecule has 122 valence electrons. The Labute approximate surface area is 135 Å². The van der Waals surface area contributed by atoms with Crippen molar-refractivity contribution in [3.8, 4) is 5.75 Å². The number of para-hydroxylation sites is 1. The molecule has 0 heterocycles. The van der Waals surface area contributed by atoms with Crippen LogP contribution in [0, 0.1) is 5.82 Å². The van der Waals surface area contributed by atoms with Gasteiger partial charge in [-0.2, -0.15) is 0 Å². The van der Waals surface area contributed by atoms with E-state index in [1.54, 1.807) is 19.2 Å². The zero-order valence-corrected chi connectivity index (χ0v) is 13.4. The number of carbonyl (C=O) groups is 1. The van der Waals surface area contributed by atoms with E-state index < -0.39 is 12.0 Å². The van der Waals surface area contributed by atoms with Gasteiger partial charge in [0.05, 0.1) is 14.2 Å². The van der Waals surface area contributed by atoms with Crippen molar-refractivity contribution in [2.75, 3.05) is 14.2 Å². The molecule has 0 aliphatic carbocycles. The smallest absolute Gasteiger partial charge is 0.327 e. The van der Waals surface area contributed by atoms with Crippen LogP contribution in [0.4, 0.5) is 4.39 Å². The number of ether oxygens (including phenoxy) is 2. The summed E-state index contributed by atoms with van der Waals surface area (Å²) in [4.78, 5) is 12.1. The molecule has 23 heavy (non-hydrogen) atoms. The molecule has 0 aliphatic heterocycles. The van der Waals surface area contributed by atoms with E-state index >= 15 is 0 Å². The van der Waals surface area contributed by atoms with Gasteiger partial charge in [-0.15, -0.1) is 0 Å². The second-order valence-corrected chi connectivity index (χ2v) is 5.14. The first-order chi connectivity index (χ1) is 11.1. The molecule has 2 atom stereocenters. The zero-order valence-electron chi connectivity index (χ0n) is 13.4. The van der Waals surface area contributed by atoms with E-state index in [0.29, 0.717) is 5.56 Å². The lowest BCUT2D eigenvalue weighted by atomic mass is 10.0. The second-order valence-electron chi connectivity index (χ2n) is 5.14. The summed E-state index contributed by atoms with van der Waals surface area (Å²) in [5.41, 5.74) is 1.56. The van der Waals surface area contributed by atoms with Crippen LogP contribution in [-0.4, -0.2) is 20.2 Å². The molecule has 1 N–H and O–H groups in total. The molecule has 0 radical (unpaired) electrons. The first kappa shape index (κ1) is 17.0. The lowest BCUT2D eigenvalue weighted by Crippen LogP contribution is -2.32. The third kappa shape index (κ3) is 4.07. The Morgan fingerprint density at radius 1 is 1.09 bits per heavy atom. The molecule has 2 rings (SSSR count). The van der Waals surface area contributed by atoms with Gasteiger partial charge in [0.2, 0.25) is 0 Å². The van der Waals surface area contributed by atoms with Crippen molar-refractivity contribution >= 4 is 5.97 Å². The Kier molecular flexibility index (Phi) is 5.71. The summed E-state index contributed by atoms with van der Waals surface area (Å²) >= 11 is 0. The van der Waals surface area contributed by atoms with Gasteiger partial charge in [-0.1, -0.05) is 30.3 Å². The third-order valence-electron chi connectivity index (χ3n) is 3.66. The molecule has 5 heteroatoms. The standard InChI is InChI=1S/C18H20FNO3/c1-12(15-6-4-5-7-16(15)22-2)20-17(18(21)23-3)13-8-10-14(19)11-9-13/h4-12,17,20H,1-3H3/t12-,17+/m1/s1. The fourth-order valence-corrected chi connectivity index (χ4v) is 2.44. The number of hydrogen-bond donors (Lipinski definition) is 1. The molecule has 0 spiro atoms. The summed E-state index contributed by atoms with van der Waals surface area (Å²) in [6, 6.07) is 12.5. The average molecular weight is 317 g/mol. The maximum atomic E-state index is 13.1.